The summed E-state index contributed by atoms with van der Waals surface area (Å²) in [6.07, 6.45) is 10.4. The molecular weight excluding hydrogens is 468 g/mol. The summed E-state index contributed by atoms with van der Waals surface area (Å²) in [5, 5.41) is 12.7. The van der Waals surface area contributed by atoms with E-state index < -0.39 is 6.10 Å². The zero-order chi connectivity index (χ0) is 22.9. The number of piperidine rings is 1. The second-order valence-electron chi connectivity index (χ2n) is 9.74. The van der Waals surface area contributed by atoms with Crippen molar-refractivity contribution < 1.29 is 14.6 Å². The van der Waals surface area contributed by atoms with Crippen molar-refractivity contribution in [2.24, 2.45) is 11.8 Å². The Morgan fingerprint density at radius 3 is 2.56 bits per heavy atom. The Morgan fingerprint density at radius 1 is 1.19 bits per heavy atom. The van der Waals surface area contributed by atoms with E-state index in [-0.39, 0.29) is 11.9 Å². The number of rotatable bonds is 10. The van der Waals surface area contributed by atoms with Gasteiger partial charge >= 0.3 is 0 Å². The van der Waals surface area contributed by atoms with Gasteiger partial charge in [-0.25, -0.2) is 0 Å². The number of aliphatic hydroxyl groups is 1. The summed E-state index contributed by atoms with van der Waals surface area (Å²) in [4.78, 5) is 14.5. The lowest BCUT2D eigenvalue weighted by Crippen LogP contribution is -2.42. The first-order valence-electron chi connectivity index (χ1n) is 12.5. The lowest BCUT2D eigenvalue weighted by atomic mass is 9.83. The smallest absolute Gasteiger partial charge is 0.249 e. The Labute approximate surface area is 202 Å². The molecule has 2 N–H and O–H groups in total. The molecule has 2 fully saturated rings. The van der Waals surface area contributed by atoms with Crippen LogP contribution in [0.3, 0.4) is 0 Å². The van der Waals surface area contributed by atoms with Crippen LogP contribution in [0.5, 0.6) is 5.75 Å². The molecule has 2 aliphatic rings. The monoisotopic (exact) mass is 508 g/mol. The molecule has 1 aromatic carbocycles. The Hall–Kier alpha value is -1.11. The molecule has 0 aromatic heterocycles. The van der Waals surface area contributed by atoms with E-state index in [1.807, 2.05) is 13.0 Å². The van der Waals surface area contributed by atoms with Crippen LogP contribution in [0.15, 0.2) is 22.7 Å². The summed E-state index contributed by atoms with van der Waals surface area (Å²) in [5.74, 6) is 2.29. The number of nitrogens with one attached hydrogen (secondary N) is 1. The van der Waals surface area contributed by atoms with E-state index in [1.54, 1.807) is 7.11 Å². The molecule has 32 heavy (non-hydrogen) atoms. The molecule has 1 aliphatic heterocycles. The topological polar surface area (TPSA) is 61.8 Å². The maximum atomic E-state index is 11.9. The van der Waals surface area contributed by atoms with Gasteiger partial charge in [0.15, 0.2) is 0 Å². The number of hydrogen-bond donors (Lipinski definition) is 2. The Morgan fingerprint density at radius 2 is 1.91 bits per heavy atom. The van der Waals surface area contributed by atoms with Gasteiger partial charge in [-0.1, -0.05) is 22.9 Å². The molecule has 0 radical (unpaired) electrons. The largest absolute Gasteiger partial charge is 0.497 e. The van der Waals surface area contributed by atoms with Crippen LogP contribution in [0.2, 0.25) is 0 Å². The molecule has 1 saturated heterocycles. The minimum atomic E-state index is -0.853. The van der Waals surface area contributed by atoms with Crippen LogP contribution in [0.25, 0.3) is 0 Å². The number of nitrogens with zero attached hydrogens (tertiary/aromatic N) is 1. The number of benzene rings is 1. The van der Waals surface area contributed by atoms with E-state index in [0.717, 1.165) is 36.8 Å². The first-order chi connectivity index (χ1) is 15.5. The van der Waals surface area contributed by atoms with Crippen molar-refractivity contribution in [3.8, 4) is 5.75 Å². The van der Waals surface area contributed by atoms with Crippen LogP contribution in [0.4, 0.5) is 0 Å². The highest BCUT2D eigenvalue weighted by molar-refractivity contribution is 9.10. The molecule has 1 unspecified atom stereocenters. The number of halogens is 1. The Balaban J connectivity index is 1.29. The molecular formula is C26H41BrN2O3. The maximum Gasteiger partial charge on any atom is 0.249 e. The van der Waals surface area contributed by atoms with Crippen LogP contribution in [-0.4, -0.2) is 54.8 Å². The summed E-state index contributed by atoms with van der Waals surface area (Å²) >= 11 is 3.70. The fourth-order valence-electron chi connectivity index (χ4n) is 5.24. The average Bonchev–Trinajstić information content (AvgIpc) is 2.82. The predicted molar refractivity (Wildman–Crippen MR) is 133 cm³/mol. The van der Waals surface area contributed by atoms with Crippen molar-refractivity contribution in [3.63, 3.8) is 0 Å². The van der Waals surface area contributed by atoms with Gasteiger partial charge in [0.25, 0.3) is 0 Å². The normalized spacial score (nSPS) is 23.6. The fraction of sp³-hybridized carbons (Fsp3) is 0.731. The Kier molecular flexibility index (Phi) is 10.3. The van der Waals surface area contributed by atoms with Gasteiger partial charge in [0.1, 0.15) is 11.9 Å². The van der Waals surface area contributed by atoms with E-state index in [0.29, 0.717) is 6.42 Å². The van der Waals surface area contributed by atoms with Crippen LogP contribution in [-0.2, 0) is 11.2 Å². The van der Waals surface area contributed by atoms with Crippen molar-refractivity contribution >= 4 is 21.8 Å². The highest BCUT2D eigenvalue weighted by Gasteiger charge is 2.25. The van der Waals surface area contributed by atoms with Crippen LogP contribution in [0, 0.1) is 11.8 Å². The van der Waals surface area contributed by atoms with Crippen molar-refractivity contribution in [2.45, 2.75) is 83.3 Å². The Bertz CT molecular complexity index is 713. The highest BCUT2D eigenvalue weighted by atomic mass is 79.9. The van der Waals surface area contributed by atoms with Gasteiger partial charge in [0.05, 0.1) is 7.11 Å². The molecule has 1 amide bonds. The molecule has 0 spiro atoms. The van der Waals surface area contributed by atoms with Crippen LogP contribution >= 0.6 is 15.9 Å². The first-order valence-corrected chi connectivity index (χ1v) is 13.3. The zero-order valence-corrected chi connectivity index (χ0v) is 21.4. The van der Waals surface area contributed by atoms with E-state index in [9.17, 15) is 9.90 Å². The molecule has 5 nitrogen and oxygen atoms in total. The summed E-state index contributed by atoms with van der Waals surface area (Å²) in [6.45, 7) is 5.48. The van der Waals surface area contributed by atoms with Gasteiger partial charge in [-0.3, -0.25) is 4.79 Å². The number of carbonyl (C=O) groups excluding carboxylic acids is 1. The fourth-order valence-corrected chi connectivity index (χ4v) is 5.65. The molecule has 1 aliphatic carbocycles. The van der Waals surface area contributed by atoms with Crippen LogP contribution < -0.4 is 10.1 Å². The quantitative estimate of drug-likeness (QED) is 0.469. The lowest BCUT2D eigenvalue weighted by molar-refractivity contribution is -0.130. The molecule has 1 aromatic rings. The molecule has 3 rings (SSSR count). The standard InChI is InChI=1S/C26H41BrN2O3/c1-3-25(30)26(31)28-22-8-6-19(7-9-22)5-4-14-29-15-12-20(13-16-29)17-21-18-23(32-2)10-11-24(21)27/h10-11,18-20,22,25,30H,3-9,12-17H2,1-2H3,(H,28,31). The van der Waals surface area contributed by atoms with Gasteiger partial charge in [-0.05, 0) is 119 Å². The van der Waals surface area contributed by atoms with Gasteiger partial charge in [0.2, 0.25) is 5.91 Å². The first kappa shape index (κ1) is 25.5. The summed E-state index contributed by atoms with van der Waals surface area (Å²) in [7, 11) is 1.73. The minimum Gasteiger partial charge on any atom is -0.497 e. The van der Waals surface area contributed by atoms with E-state index in [2.05, 4.69) is 38.3 Å². The van der Waals surface area contributed by atoms with Crippen molar-refractivity contribution in [2.75, 3.05) is 26.7 Å². The molecule has 1 saturated carbocycles. The van der Waals surface area contributed by atoms with Gasteiger partial charge < -0.3 is 20.1 Å². The van der Waals surface area contributed by atoms with E-state index >= 15 is 0 Å². The third-order valence-corrected chi connectivity index (χ3v) is 8.21. The SMILES string of the molecule is CCC(O)C(=O)NC1CCC(CCCN2CCC(Cc3cc(OC)ccc3Br)CC2)CC1. The van der Waals surface area contributed by atoms with E-state index in [1.165, 1.54) is 68.2 Å². The summed E-state index contributed by atoms with van der Waals surface area (Å²) in [5.41, 5.74) is 1.36. The number of amides is 1. The molecule has 180 valence electrons. The number of ether oxygens (including phenoxy) is 1. The summed E-state index contributed by atoms with van der Waals surface area (Å²) in [6, 6.07) is 6.53. The lowest BCUT2D eigenvalue weighted by Gasteiger charge is -2.33. The number of methoxy groups -OCH3 is 1. The van der Waals surface area contributed by atoms with E-state index in [4.69, 9.17) is 4.74 Å². The number of likely N-dealkylation sites (tertiary alicyclic amines) is 1. The highest BCUT2D eigenvalue weighted by Crippen LogP contribution is 2.30. The molecule has 0 bridgehead atoms. The van der Waals surface area contributed by atoms with Crippen molar-refractivity contribution in [1.29, 1.82) is 0 Å². The van der Waals surface area contributed by atoms with Gasteiger partial charge in [-0.15, -0.1) is 0 Å². The zero-order valence-electron chi connectivity index (χ0n) is 19.8. The third kappa shape index (κ3) is 7.74. The molecule has 1 atom stereocenters. The number of aliphatic hydroxyl groups excluding tert-OH is 1. The third-order valence-electron chi connectivity index (χ3n) is 7.44. The van der Waals surface area contributed by atoms with Gasteiger partial charge in [-0.2, -0.15) is 0 Å². The average molecular weight is 510 g/mol. The van der Waals surface area contributed by atoms with Crippen LogP contribution in [0.1, 0.15) is 70.3 Å². The number of carbonyl (C=O) groups is 1. The maximum absolute atomic E-state index is 11.9. The summed E-state index contributed by atoms with van der Waals surface area (Å²) < 4.78 is 6.58. The minimum absolute atomic E-state index is 0.196. The molecule has 1 heterocycles. The second kappa shape index (κ2) is 13.0. The van der Waals surface area contributed by atoms with Crippen molar-refractivity contribution in [3.05, 3.63) is 28.2 Å². The van der Waals surface area contributed by atoms with Gasteiger partial charge in [0, 0.05) is 10.5 Å². The number of hydrogen-bond acceptors (Lipinski definition) is 4. The second-order valence-corrected chi connectivity index (χ2v) is 10.6. The predicted octanol–water partition coefficient (Wildman–Crippen LogP) is 4.94. The van der Waals surface area contributed by atoms with Crippen molar-refractivity contribution in [1.82, 2.24) is 10.2 Å². The molecule has 6 heteroatoms.